The van der Waals surface area contributed by atoms with Crippen LogP contribution in [0, 0.1) is 11.3 Å². The van der Waals surface area contributed by atoms with Crippen molar-refractivity contribution in [2.45, 2.75) is 5.16 Å². The highest BCUT2D eigenvalue weighted by atomic mass is 79.9. The van der Waals surface area contributed by atoms with Crippen molar-refractivity contribution in [2.24, 2.45) is 0 Å². The van der Waals surface area contributed by atoms with Crippen LogP contribution in [-0.2, 0) is 0 Å². The SMILES string of the molecule is CSc1nc(N)c(C#N)c(-c2ccc(Br)cc2)n1. The van der Waals surface area contributed by atoms with E-state index in [0.29, 0.717) is 16.4 Å². The minimum absolute atomic E-state index is 0.217. The highest BCUT2D eigenvalue weighted by Gasteiger charge is 2.13. The van der Waals surface area contributed by atoms with Crippen LogP contribution in [0.25, 0.3) is 11.3 Å². The van der Waals surface area contributed by atoms with Gasteiger partial charge in [0, 0.05) is 10.0 Å². The summed E-state index contributed by atoms with van der Waals surface area (Å²) in [5.74, 6) is 0.217. The average Bonchev–Trinajstić information content (AvgIpc) is 2.38. The van der Waals surface area contributed by atoms with Crippen molar-refractivity contribution < 1.29 is 0 Å². The number of hydrogen-bond donors (Lipinski definition) is 1. The van der Waals surface area contributed by atoms with Crippen molar-refractivity contribution in [1.82, 2.24) is 9.97 Å². The molecule has 90 valence electrons. The Morgan fingerprint density at radius 1 is 1.28 bits per heavy atom. The number of rotatable bonds is 2. The van der Waals surface area contributed by atoms with Gasteiger partial charge in [-0.05, 0) is 18.4 Å². The van der Waals surface area contributed by atoms with E-state index in [1.54, 1.807) is 0 Å². The van der Waals surface area contributed by atoms with Gasteiger partial charge in [-0.25, -0.2) is 9.97 Å². The predicted molar refractivity (Wildman–Crippen MR) is 76.1 cm³/mol. The molecule has 2 aromatic rings. The zero-order chi connectivity index (χ0) is 13.1. The van der Waals surface area contributed by atoms with Crippen LogP contribution in [0.3, 0.4) is 0 Å². The molecule has 0 saturated carbocycles. The molecule has 18 heavy (non-hydrogen) atoms. The number of nitrogens with zero attached hydrogens (tertiary/aromatic N) is 3. The molecule has 6 heteroatoms. The van der Waals surface area contributed by atoms with Crippen LogP contribution < -0.4 is 5.73 Å². The largest absolute Gasteiger partial charge is 0.382 e. The standard InChI is InChI=1S/C12H9BrN4S/c1-18-12-16-10(9(6-14)11(15)17-12)7-2-4-8(13)5-3-7/h2-5H,1H3,(H2,15,16,17). The summed E-state index contributed by atoms with van der Waals surface area (Å²) in [5.41, 5.74) is 7.51. The fraction of sp³-hybridized carbons (Fsp3) is 0.0833. The van der Waals surface area contributed by atoms with Crippen molar-refractivity contribution in [3.05, 3.63) is 34.3 Å². The average molecular weight is 321 g/mol. The number of aromatic nitrogens is 2. The van der Waals surface area contributed by atoms with Gasteiger partial charge in [-0.1, -0.05) is 39.8 Å². The van der Waals surface area contributed by atoms with E-state index in [2.05, 4.69) is 32.0 Å². The van der Waals surface area contributed by atoms with E-state index >= 15 is 0 Å². The summed E-state index contributed by atoms with van der Waals surface area (Å²) in [4.78, 5) is 8.42. The zero-order valence-corrected chi connectivity index (χ0v) is 11.9. The van der Waals surface area contributed by atoms with Gasteiger partial charge in [0.05, 0.1) is 5.69 Å². The summed E-state index contributed by atoms with van der Waals surface area (Å²) in [6, 6.07) is 9.62. The van der Waals surface area contributed by atoms with Crippen LogP contribution in [0.4, 0.5) is 5.82 Å². The lowest BCUT2D eigenvalue weighted by molar-refractivity contribution is 0.979. The molecule has 1 aromatic carbocycles. The van der Waals surface area contributed by atoms with Crippen molar-refractivity contribution in [2.75, 3.05) is 12.0 Å². The summed E-state index contributed by atoms with van der Waals surface area (Å²) in [6.45, 7) is 0. The third kappa shape index (κ3) is 2.47. The number of nitrogens with two attached hydrogens (primary N) is 1. The molecule has 2 N–H and O–H groups in total. The highest BCUT2D eigenvalue weighted by molar-refractivity contribution is 9.10. The molecule has 0 aliphatic heterocycles. The van der Waals surface area contributed by atoms with Crippen molar-refractivity contribution >= 4 is 33.5 Å². The lowest BCUT2D eigenvalue weighted by Gasteiger charge is -2.07. The molecule has 0 unspecified atom stereocenters. The summed E-state index contributed by atoms with van der Waals surface area (Å²) >= 11 is 4.76. The first-order valence-corrected chi connectivity index (χ1v) is 7.05. The van der Waals surface area contributed by atoms with Crippen LogP contribution >= 0.6 is 27.7 Å². The Labute approximate surface area is 117 Å². The molecular weight excluding hydrogens is 312 g/mol. The summed E-state index contributed by atoms with van der Waals surface area (Å²) in [6.07, 6.45) is 1.87. The van der Waals surface area contributed by atoms with Gasteiger partial charge in [-0.3, -0.25) is 0 Å². The Hall–Kier alpha value is -1.58. The molecule has 2 rings (SSSR count). The summed E-state index contributed by atoms with van der Waals surface area (Å²) < 4.78 is 0.969. The van der Waals surface area contributed by atoms with Gasteiger partial charge in [0.1, 0.15) is 17.5 Å². The number of hydrogen-bond acceptors (Lipinski definition) is 5. The quantitative estimate of drug-likeness (QED) is 0.679. The first-order valence-electron chi connectivity index (χ1n) is 5.03. The molecule has 0 bridgehead atoms. The first-order chi connectivity index (χ1) is 8.65. The Morgan fingerprint density at radius 2 is 1.94 bits per heavy atom. The van der Waals surface area contributed by atoms with Gasteiger partial charge >= 0.3 is 0 Å². The minimum atomic E-state index is 0.217. The van der Waals surface area contributed by atoms with Crippen LogP contribution in [0.5, 0.6) is 0 Å². The number of anilines is 1. The van der Waals surface area contributed by atoms with Crippen molar-refractivity contribution in [3.8, 4) is 17.3 Å². The molecule has 0 aliphatic rings. The zero-order valence-electron chi connectivity index (χ0n) is 9.51. The molecule has 0 fully saturated rings. The third-order valence-electron chi connectivity index (χ3n) is 2.33. The molecule has 0 atom stereocenters. The van der Waals surface area contributed by atoms with Crippen LogP contribution in [0.1, 0.15) is 5.56 Å². The maximum atomic E-state index is 9.15. The van der Waals surface area contributed by atoms with E-state index in [0.717, 1.165) is 10.0 Å². The lowest BCUT2D eigenvalue weighted by Crippen LogP contribution is -2.02. The highest BCUT2D eigenvalue weighted by Crippen LogP contribution is 2.27. The van der Waals surface area contributed by atoms with E-state index in [-0.39, 0.29) is 5.82 Å². The van der Waals surface area contributed by atoms with Gasteiger partial charge in [0.25, 0.3) is 0 Å². The summed E-state index contributed by atoms with van der Waals surface area (Å²) in [5, 5.41) is 9.71. The number of nitriles is 1. The van der Waals surface area contributed by atoms with Gasteiger partial charge < -0.3 is 5.73 Å². The number of benzene rings is 1. The molecule has 4 nitrogen and oxygen atoms in total. The van der Waals surface area contributed by atoms with Crippen LogP contribution in [-0.4, -0.2) is 16.2 Å². The number of thioether (sulfide) groups is 1. The second kappa shape index (κ2) is 5.38. The molecular formula is C12H9BrN4S. The molecule has 0 radical (unpaired) electrons. The van der Waals surface area contributed by atoms with Gasteiger partial charge in [-0.2, -0.15) is 5.26 Å². The smallest absolute Gasteiger partial charge is 0.189 e. The Balaban J connectivity index is 2.65. The number of halogens is 1. The monoisotopic (exact) mass is 320 g/mol. The fourth-order valence-electron chi connectivity index (χ4n) is 1.47. The molecule has 0 saturated heterocycles. The normalized spacial score (nSPS) is 10.1. The third-order valence-corrected chi connectivity index (χ3v) is 3.40. The second-order valence-corrected chi connectivity index (χ2v) is 5.13. The van der Waals surface area contributed by atoms with Crippen molar-refractivity contribution in [1.29, 1.82) is 5.26 Å². The maximum absolute atomic E-state index is 9.15. The molecule has 0 aliphatic carbocycles. The predicted octanol–water partition coefficient (Wildman–Crippen LogP) is 3.08. The van der Waals surface area contributed by atoms with Gasteiger partial charge in [0.15, 0.2) is 5.16 Å². The van der Waals surface area contributed by atoms with E-state index in [1.807, 2.05) is 30.5 Å². The van der Waals surface area contributed by atoms with Crippen LogP contribution in [0.15, 0.2) is 33.9 Å². The van der Waals surface area contributed by atoms with E-state index in [1.165, 1.54) is 11.8 Å². The lowest BCUT2D eigenvalue weighted by atomic mass is 10.1. The van der Waals surface area contributed by atoms with E-state index < -0.39 is 0 Å². The minimum Gasteiger partial charge on any atom is -0.382 e. The van der Waals surface area contributed by atoms with E-state index in [4.69, 9.17) is 11.0 Å². The summed E-state index contributed by atoms with van der Waals surface area (Å²) in [7, 11) is 0. The fourth-order valence-corrected chi connectivity index (χ4v) is 2.11. The van der Waals surface area contributed by atoms with Crippen molar-refractivity contribution in [3.63, 3.8) is 0 Å². The van der Waals surface area contributed by atoms with Crippen LogP contribution in [0.2, 0.25) is 0 Å². The second-order valence-electron chi connectivity index (χ2n) is 3.44. The maximum Gasteiger partial charge on any atom is 0.189 e. The van der Waals surface area contributed by atoms with E-state index in [9.17, 15) is 0 Å². The van der Waals surface area contributed by atoms with Gasteiger partial charge in [0.2, 0.25) is 0 Å². The Kier molecular flexibility index (Phi) is 3.84. The molecule has 1 aromatic heterocycles. The molecule has 0 amide bonds. The first kappa shape index (κ1) is 12.9. The Bertz CT molecular complexity index is 619. The number of nitrogen functional groups attached to an aromatic ring is 1. The van der Waals surface area contributed by atoms with Gasteiger partial charge in [-0.15, -0.1) is 0 Å². The molecule has 1 heterocycles. The Morgan fingerprint density at radius 3 is 2.50 bits per heavy atom. The molecule has 0 spiro atoms. The topological polar surface area (TPSA) is 75.6 Å².